The number of piperazine rings is 1. The summed E-state index contributed by atoms with van der Waals surface area (Å²) < 4.78 is 0. The van der Waals surface area contributed by atoms with Crippen molar-refractivity contribution in [3.8, 4) is 6.07 Å². The van der Waals surface area contributed by atoms with Crippen molar-refractivity contribution in [1.29, 1.82) is 5.26 Å². The van der Waals surface area contributed by atoms with Crippen LogP contribution in [0.1, 0.15) is 13.8 Å². The number of nitriles is 1. The third kappa shape index (κ3) is 4.18. The van der Waals surface area contributed by atoms with Gasteiger partial charge in [0.15, 0.2) is 0 Å². The smallest absolute Gasteiger partial charge is 0.235 e. The van der Waals surface area contributed by atoms with Gasteiger partial charge in [-0.3, -0.25) is 19.4 Å². The molecule has 0 spiro atoms. The summed E-state index contributed by atoms with van der Waals surface area (Å²) in [5.41, 5.74) is 0. The summed E-state index contributed by atoms with van der Waals surface area (Å²) in [6.07, 6.45) is 0. The van der Waals surface area contributed by atoms with Gasteiger partial charge in [-0.2, -0.15) is 5.26 Å². The van der Waals surface area contributed by atoms with E-state index in [-0.39, 0.29) is 18.4 Å². The van der Waals surface area contributed by atoms with Gasteiger partial charge >= 0.3 is 0 Å². The lowest BCUT2D eigenvalue weighted by atomic mass is 10.0. The van der Waals surface area contributed by atoms with Crippen LogP contribution >= 0.6 is 0 Å². The molecule has 2 heterocycles. The largest absolute Gasteiger partial charge is 0.342 e. The molecule has 2 rings (SSSR count). The number of likely N-dealkylation sites (tertiary alicyclic amines) is 1. The van der Waals surface area contributed by atoms with Gasteiger partial charge in [0.1, 0.15) is 6.54 Å². The highest BCUT2D eigenvalue weighted by Crippen LogP contribution is 2.22. The van der Waals surface area contributed by atoms with E-state index >= 15 is 0 Å². The zero-order chi connectivity index (χ0) is 16.1. The molecule has 7 heteroatoms. The molecule has 0 unspecified atom stereocenters. The molecule has 0 aromatic rings. The first-order valence-electron chi connectivity index (χ1n) is 7.87. The maximum Gasteiger partial charge on any atom is 0.235 e. The summed E-state index contributed by atoms with van der Waals surface area (Å²) in [7, 11) is 0. The predicted octanol–water partition coefficient (Wildman–Crippen LogP) is -0.889. The first-order valence-corrected chi connectivity index (χ1v) is 7.87. The fourth-order valence-electron chi connectivity index (χ4n) is 3.42. The van der Waals surface area contributed by atoms with Crippen LogP contribution in [0.15, 0.2) is 0 Å². The molecule has 2 aliphatic rings. The van der Waals surface area contributed by atoms with Crippen LogP contribution in [0.25, 0.3) is 0 Å². The summed E-state index contributed by atoms with van der Waals surface area (Å²) in [5, 5.41) is 11.1. The van der Waals surface area contributed by atoms with Crippen LogP contribution in [0.2, 0.25) is 0 Å². The summed E-state index contributed by atoms with van der Waals surface area (Å²) in [4.78, 5) is 29.6. The molecule has 2 saturated heterocycles. The van der Waals surface area contributed by atoms with Crippen LogP contribution in [-0.2, 0) is 9.59 Å². The fraction of sp³-hybridized carbons (Fsp3) is 0.800. The van der Waals surface area contributed by atoms with E-state index in [9.17, 15) is 9.59 Å². The molecule has 122 valence electrons. The van der Waals surface area contributed by atoms with Crippen LogP contribution in [0.3, 0.4) is 0 Å². The lowest BCUT2D eigenvalue weighted by Gasteiger charge is -2.39. The molecular formula is C15H25N5O2. The van der Waals surface area contributed by atoms with Crippen molar-refractivity contribution in [2.45, 2.75) is 19.9 Å². The Labute approximate surface area is 131 Å². The number of carbonyl (C=O) groups excluding carboxylic acids is 2. The quantitative estimate of drug-likeness (QED) is 0.682. The standard InChI is InChI=1S/C15H25N5O2/c1-12-9-18(11-15(22)17-4-3-16)10-14(12)20-7-5-19(6-8-20)13(2)21/h12,14H,4-11H2,1-2H3,(H,17,22)/t12-,14-/m0/s1. The Kier molecular flexibility index (Phi) is 5.75. The second-order valence-corrected chi connectivity index (χ2v) is 6.22. The number of carbonyl (C=O) groups is 2. The number of hydrogen-bond acceptors (Lipinski definition) is 5. The Morgan fingerprint density at radius 2 is 1.91 bits per heavy atom. The molecule has 2 fully saturated rings. The van der Waals surface area contributed by atoms with Crippen molar-refractivity contribution in [1.82, 2.24) is 20.0 Å². The molecule has 0 bridgehead atoms. The first kappa shape index (κ1) is 16.7. The van der Waals surface area contributed by atoms with Crippen molar-refractivity contribution >= 4 is 11.8 Å². The summed E-state index contributed by atoms with van der Waals surface area (Å²) in [6, 6.07) is 2.36. The lowest BCUT2D eigenvalue weighted by Crippen LogP contribution is -2.53. The summed E-state index contributed by atoms with van der Waals surface area (Å²) in [5.74, 6) is 0.568. The van der Waals surface area contributed by atoms with Crippen LogP contribution in [-0.4, -0.2) is 84.9 Å². The molecule has 7 nitrogen and oxygen atoms in total. The van der Waals surface area contributed by atoms with Gasteiger partial charge in [-0.05, 0) is 5.92 Å². The summed E-state index contributed by atoms with van der Waals surface area (Å²) >= 11 is 0. The highest BCUT2D eigenvalue weighted by atomic mass is 16.2. The SMILES string of the molecule is CC(=O)N1CCN([C@H]2CN(CC(=O)NCC#N)C[C@@H]2C)CC1. The molecule has 0 aromatic heterocycles. The number of rotatable bonds is 4. The molecular weight excluding hydrogens is 282 g/mol. The average molecular weight is 307 g/mol. The van der Waals surface area contributed by atoms with E-state index in [2.05, 4.69) is 22.0 Å². The molecule has 0 aliphatic carbocycles. The zero-order valence-electron chi connectivity index (χ0n) is 13.4. The number of nitrogens with one attached hydrogen (secondary N) is 1. The van der Waals surface area contributed by atoms with E-state index in [1.165, 1.54) is 0 Å². The lowest BCUT2D eigenvalue weighted by molar-refractivity contribution is -0.131. The highest BCUT2D eigenvalue weighted by molar-refractivity contribution is 5.78. The minimum Gasteiger partial charge on any atom is -0.342 e. The van der Waals surface area contributed by atoms with Crippen molar-refractivity contribution in [2.75, 3.05) is 52.4 Å². The minimum absolute atomic E-state index is 0.0681. The zero-order valence-corrected chi connectivity index (χ0v) is 13.4. The van der Waals surface area contributed by atoms with Crippen molar-refractivity contribution < 1.29 is 9.59 Å². The van der Waals surface area contributed by atoms with E-state index < -0.39 is 0 Å². The van der Waals surface area contributed by atoms with Gasteiger partial charge in [0.05, 0.1) is 12.6 Å². The number of amides is 2. The van der Waals surface area contributed by atoms with Crippen LogP contribution in [0.4, 0.5) is 0 Å². The van der Waals surface area contributed by atoms with Gasteiger partial charge in [-0.1, -0.05) is 6.92 Å². The summed E-state index contributed by atoms with van der Waals surface area (Å²) in [6.45, 7) is 9.44. The Morgan fingerprint density at radius 1 is 1.23 bits per heavy atom. The second kappa shape index (κ2) is 7.56. The van der Waals surface area contributed by atoms with Crippen LogP contribution in [0, 0.1) is 17.2 Å². The van der Waals surface area contributed by atoms with Crippen LogP contribution < -0.4 is 5.32 Å². The average Bonchev–Trinajstić information content (AvgIpc) is 2.85. The Hall–Kier alpha value is -1.65. The maximum atomic E-state index is 11.7. The molecule has 1 N–H and O–H groups in total. The van der Waals surface area contributed by atoms with Crippen LogP contribution in [0.5, 0.6) is 0 Å². The van der Waals surface area contributed by atoms with Gasteiger partial charge < -0.3 is 10.2 Å². The van der Waals surface area contributed by atoms with E-state index in [0.29, 0.717) is 18.5 Å². The third-order valence-corrected chi connectivity index (χ3v) is 4.61. The molecule has 2 amide bonds. The monoisotopic (exact) mass is 307 g/mol. The third-order valence-electron chi connectivity index (χ3n) is 4.61. The molecule has 0 aromatic carbocycles. The number of nitrogens with zero attached hydrogens (tertiary/aromatic N) is 4. The number of hydrogen-bond donors (Lipinski definition) is 1. The van der Waals surface area contributed by atoms with Crippen molar-refractivity contribution in [2.24, 2.45) is 5.92 Å². The van der Waals surface area contributed by atoms with E-state index in [1.807, 2.05) is 11.0 Å². The molecule has 2 atom stereocenters. The van der Waals surface area contributed by atoms with Gasteiger partial charge in [-0.15, -0.1) is 0 Å². The van der Waals surface area contributed by atoms with Gasteiger partial charge in [0.2, 0.25) is 11.8 Å². The predicted molar refractivity (Wildman–Crippen MR) is 81.8 cm³/mol. The molecule has 0 radical (unpaired) electrons. The topological polar surface area (TPSA) is 79.7 Å². The Balaban J connectivity index is 1.80. The first-order chi connectivity index (χ1) is 10.5. The fourth-order valence-corrected chi connectivity index (χ4v) is 3.42. The normalized spacial score (nSPS) is 26.7. The van der Waals surface area contributed by atoms with Crippen molar-refractivity contribution in [3.05, 3.63) is 0 Å². The van der Waals surface area contributed by atoms with Gasteiger partial charge in [-0.25, -0.2) is 0 Å². The highest BCUT2D eigenvalue weighted by Gasteiger charge is 2.35. The molecule has 22 heavy (non-hydrogen) atoms. The second-order valence-electron chi connectivity index (χ2n) is 6.22. The minimum atomic E-state index is -0.0872. The van der Waals surface area contributed by atoms with Crippen molar-refractivity contribution in [3.63, 3.8) is 0 Å². The maximum absolute atomic E-state index is 11.7. The molecule has 0 saturated carbocycles. The molecule has 2 aliphatic heterocycles. The van der Waals surface area contributed by atoms with Gasteiger partial charge in [0, 0.05) is 52.2 Å². The van der Waals surface area contributed by atoms with E-state index in [4.69, 9.17) is 5.26 Å². The van der Waals surface area contributed by atoms with E-state index in [1.54, 1.807) is 6.92 Å². The Morgan fingerprint density at radius 3 is 2.50 bits per heavy atom. The Bertz CT molecular complexity index is 453. The van der Waals surface area contributed by atoms with Gasteiger partial charge in [0.25, 0.3) is 0 Å². The van der Waals surface area contributed by atoms with E-state index in [0.717, 1.165) is 39.3 Å².